The van der Waals surface area contributed by atoms with E-state index in [1.165, 1.54) is 12.1 Å². The van der Waals surface area contributed by atoms with Gasteiger partial charge < -0.3 is 4.74 Å². The maximum absolute atomic E-state index is 13.3. The Balaban J connectivity index is 2.31. The topological polar surface area (TPSA) is 47.3 Å². The van der Waals surface area contributed by atoms with E-state index in [0.29, 0.717) is 12.2 Å². The molecular formula is C15H16F2N2O. The quantitative estimate of drug-likeness (QED) is 0.653. The molecule has 0 saturated carbocycles. The Bertz CT molecular complexity index is 552. The molecule has 5 heteroatoms. The van der Waals surface area contributed by atoms with Crippen molar-refractivity contribution < 1.29 is 13.5 Å². The van der Waals surface area contributed by atoms with E-state index in [1.807, 2.05) is 6.92 Å². The Labute approximate surface area is 116 Å². The van der Waals surface area contributed by atoms with Gasteiger partial charge in [-0.1, -0.05) is 12.1 Å². The molecule has 1 unspecified atom stereocenters. The molecule has 0 fully saturated rings. The van der Waals surface area contributed by atoms with Crippen LogP contribution in [0.2, 0.25) is 0 Å². The van der Waals surface area contributed by atoms with E-state index in [2.05, 4.69) is 5.43 Å². The van der Waals surface area contributed by atoms with Crippen LogP contribution in [0.1, 0.15) is 24.1 Å². The molecule has 20 heavy (non-hydrogen) atoms. The zero-order chi connectivity index (χ0) is 14.5. The summed E-state index contributed by atoms with van der Waals surface area (Å²) in [4.78, 5) is 0. The number of hydrogen-bond donors (Lipinski definition) is 2. The smallest absolute Gasteiger partial charge is 0.126 e. The van der Waals surface area contributed by atoms with Crippen LogP contribution in [0.15, 0.2) is 42.5 Å². The third-order valence-corrected chi connectivity index (χ3v) is 2.91. The SMILES string of the molecule is CCOc1ccc(C(NN)c2cc(F)cc(F)c2)cc1. The molecule has 0 amide bonds. The van der Waals surface area contributed by atoms with Gasteiger partial charge >= 0.3 is 0 Å². The third-order valence-electron chi connectivity index (χ3n) is 2.91. The van der Waals surface area contributed by atoms with Crippen LogP contribution in [-0.2, 0) is 0 Å². The molecular weight excluding hydrogens is 262 g/mol. The monoisotopic (exact) mass is 278 g/mol. The summed E-state index contributed by atoms with van der Waals surface area (Å²) in [6.45, 7) is 2.47. The molecule has 0 aliphatic carbocycles. The lowest BCUT2D eigenvalue weighted by atomic mass is 9.99. The number of ether oxygens (including phenoxy) is 1. The van der Waals surface area contributed by atoms with E-state index >= 15 is 0 Å². The van der Waals surface area contributed by atoms with Crippen LogP contribution < -0.4 is 16.0 Å². The minimum absolute atomic E-state index is 0.425. The maximum Gasteiger partial charge on any atom is 0.126 e. The van der Waals surface area contributed by atoms with Gasteiger partial charge in [-0.2, -0.15) is 0 Å². The second-order valence-electron chi connectivity index (χ2n) is 4.30. The van der Waals surface area contributed by atoms with Crippen LogP contribution in [0, 0.1) is 11.6 Å². The summed E-state index contributed by atoms with van der Waals surface area (Å²) in [6, 6.07) is 10.0. The second kappa shape index (κ2) is 6.45. The van der Waals surface area contributed by atoms with E-state index in [0.717, 1.165) is 17.4 Å². The summed E-state index contributed by atoms with van der Waals surface area (Å²) in [5, 5.41) is 0. The van der Waals surface area contributed by atoms with Gasteiger partial charge in [-0.15, -0.1) is 0 Å². The van der Waals surface area contributed by atoms with E-state index < -0.39 is 17.7 Å². The molecule has 2 aromatic carbocycles. The number of hydrogen-bond acceptors (Lipinski definition) is 3. The van der Waals surface area contributed by atoms with Crippen molar-refractivity contribution in [2.45, 2.75) is 13.0 Å². The largest absolute Gasteiger partial charge is 0.494 e. The fourth-order valence-electron chi connectivity index (χ4n) is 2.05. The fourth-order valence-corrected chi connectivity index (χ4v) is 2.05. The van der Waals surface area contributed by atoms with Crippen molar-refractivity contribution in [3.8, 4) is 5.75 Å². The van der Waals surface area contributed by atoms with Crippen LogP contribution >= 0.6 is 0 Å². The van der Waals surface area contributed by atoms with E-state index in [9.17, 15) is 8.78 Å². The lowest BCUT2D eigenvalue weighted by molar-refractivity contribution is 0.340. The highest BCUT2D eigenvalue weighted by Crippen LogP contribution is 2.24. The predicted molar refractivity (Wildman–Crippen MR) is 73.1 cm³/mol. The van der Waals surface area contributed by atoms with Gasteiger partial charge in [-0.25, -0.2) is 14.2 Å². The normalized spacial score (nSPS) is 12.2. The average Bonchev–Trinajstić information content (AvgIpc) is 2.41. The number of halogens is 2. The first-order chi connectivity index (χ1) is 9.63. The first-order valence-corrected chi connectivity index (χ1v) is 6.29. The van der Waals surface area contributed by atoms with E-state index in [-0.39, 0.29) is 0 Å². The molecule has 0 aliphatic heterocycles. The highest BCUT2D eigenvalue weighted by atomic mass is 19.1. The van der Waals surface area contributed by atoms with Gasteiger partial charge in [-0.05, 0) is 42.3 Å². The summed E-state index contributed by atoms with van der Waals surface area (Å²) >= 11 is 0. The highest BCUT2D eigenvalue weighted by molar-refractivity contribution is 5.35. The van der Waals surface area contributed by atoms with Crippen LogP contribution in [0.4, 0.5) is 8.78 Å². The number of hydrazine groups is 1. The molecule has 2 rings (SSSR count). The number of nitrogens with one attached hydrogen (secondary N) is 1. The van der Waals surface area contributed by atoms with Gasteiger partial charge in [0.1, 0.15) is 17.4 Å². The lowest BCUT2D eigenvalue weighted by Gasteiger charge is -2.17. The van der Waals surface area contributed by atoms with Crippen molar-refractivity contribution >= 4 is 0 Å². The summed E-state index contributed by atoms with van der Waals surface area (Å²) in [5.41, 5.74) is 3.78. The van der Waals surface area contributed by atoms with Gasteiger partial charge in [0.15, 0.2) is 0 Å². The Morgan fingerprint density at radius 2 is 1.65 bits per heavy atom. The van der Waals surface area contributed by atoms with Gasteiger partial charge in [0, 0.05) is 6.07 Å². The summed E-state index contributed by atoms with van der Waals surface area (Å²) in [5.74, 6) is 4.97. The van der Waals surface area contributed by atoms with Crippen molar-refractivity contribution in [2.24, 2.45) is 5.84 Å². The van der Waals surface area contributed by atoms with Crippen molar-refractivity contribution in [2.75, 3.05) is 6.61 Å². The molecule has 0 aliphatic rings. The molecule has 3 N–H and O–H groups in total. The summed E-state index contributed by atoms with van der Waals surface area (Å²) in [7, 11) is 0. The molecule has 0 spiro atoms. The average molecular weight is 278 g/mol. The molecule has 1 atom stereocenters. The Hall–Kier alpha value is -1.98. The van der Waals surface area contributed by atoms with E-state index in [4.69, 9.17) is 10.6 Å². The number of benzene rings is 2. The number of nitrogens with two attached hydrogens (primary N) is 1. The van der Waals surface area contributed by atoms with Crippen LogP contribution in [-0.4, -0.2) is 6.61 Å². The Morgan fingerprint density at radius 3 is 2.15 bits per heavy atom. The minimum atomic E-state index is -0.633. The van der Waals surface area contributed by atoms with Gasteiger partial charge in [0.05, 0.1) is 12.6 Å². The summed E-state index contributed by atoms with van der Waals surface area (Å²) in [6.07, 6.45) is 0. The minimum Gasteiger partial charge on any atom is -0.494 e. The van der Waals surface area contributed by atoms with Crippen molar-refractivity contribution in [1.82, 2.24) is 5.43 Å². The van der Waals surface area contributed by atoms with Crippen LogP contribution in [0.3, 0.4) is 0 Å². The van der Waals surface area contributed by atoms with Crippen molar-refractivity contribution in [3.63, 3.8) is 0 Å². The molecule has 0 aromatic heterocycles. The van der Waals surface area contributed by atoms with Crippen molar-refractivity contribution in [3.05, 3.63) is 65.2 Å². The van der Waals surface area contributed by atoms with Gasteiger partial charge in [-0.3, -0.25) is 5.84 Å². The van der Waals surface area contributed by atoms with Crippen LogP contribution in [0.25, 0.3) is 0 Å². The van der Waals surface area contributed by atoms with Gasteiger partial charge in [0.2, 0.25) is 0 Å². The second-order valence-corrected chi connectivity index (χ2v) is 4.30. The van der Waals surface area contributed by atoms with E-state index in [1.54, 1.807) is 24.3 Å². The lowest BCUT2D eigenvalue weighted by Crippen LogP contribution is -2.29. The Kier molecular flexibility index (Phi) is 4.65. The van der Waals surface area contributed by atoms with Crippen molar-refractivity contribution in [1.29, 1.82) is 0 Å². The Morgan fingerprint density at radius 1 is 1.05 bits per heavy atom. The maximum atomic E-state index is 13.3. The molecule has 106 valence electrons. The fraction of sp³-hybridized carbons (Fsp3) is 0.200. The standard InChI is InChI=1S/C15H16F2N2O/c1-2-20-14-5-3-10(4-6-14)15(19-18)11-7-12(16)9-13(17)8-11/h3-9,15,19H,2,18H2,1H3. The zero-order valence-corrected chi connectivity index (χ0v) is 11.1. The third kappa shape index (κ3) is 3.31. The number of rotatable bonds is 5. The molecule has 0 bridgehead atoms. The molecule has 3 nitrogen and oxygen atoms in total. The molecule has 0 saturated heterocycles. The van der Waals surface area contributed by atoms with Gasteiger partial charge in [0.25, 0.3) is 0 Å². The molecule has 0 heterocycles. The molecule has 0 radical (unpaired) electrons. The highest BCUT2D eigenvalue weighted by Gasteiger charge is 2.14. The zero-order valence-electron chi connectivity index (χ0n) is 11.1. The predicted octanol–water partition coefficient (Wildman–Crippen LogP) is 2.92. The molecule has 2 aromatic rings. The first-order valence-electron chi connectivity index (χ1n) is 6.29. The first kappa shape index (κ1) is 14.4. The summed E-state index contributed by atoms with van der Waals surface area (Å²) < 4.78 is 31.9. The van der Waals surface area contributed by atoms with Crippen LogP contribution in [0.5, 0.6) is 5.75 Å².